The van der Waals surface area contributed by atoms with Crippen molar-refractivity contribution in [1.29, 1.82) is 0 Å². The number of nitrogens with one attached hydrogen (secondary N) is 1. The molecular formula is C21H22ClFN4O4S2. The van der Waals surface area contributed by atoms with Crippen LogP contribution in [0.1, 0.15) is 33.5 Å². The van der Waals surface area contributed by atoms with Gasteiger partial charge in [-0.05, 0) is 31.0 Å². The van der Waals surface area contributed by atoms with Crippen LogP contribution in [0.25, 0.3) is 0 Å². The molecule has 176 valence electrons. The lowest BCUT2D eigenvalue weighted by atomic mass is 10.1. The highest BCUT2D eigenvalue weighted by atomic mass is 35.5. The smallest absolute Gasteiger partial charge is 0.341 e. The first kappa shape index (κ1) is 25.0. The number of anilines is 1. The highest BCUT2D eigenvalue weighted by molar-refractivity contribution is 7.99. The van der Waals surface area contributed by atoms with Gasteiger partial charge in [0.25, 0.3) is 0 Å². The van der Waals surface area contributed by atoms with E-state index in [0.717, 1.165) is 10.4 Å². The molecule has 0 saturated heterocycles. The zero-order chi connectivity index (χ0) is 24.1. The minimum atomic E-state index is -0.526. The lowest BCUT2D eigenvalue weighted by Gasteiger charge is -2.08. The number of ether oxygens (including phenoxy) is 2. The normalized spacial score (nSPS) is 10.8. The number of esters is 1. The van der Waals surface area contributed by atoms with E-state index in [2.05, 4.69) is 15.5 Å². The maximum absolute atomic E-state index is 13.3. The summed E-state index contributed by atoms with van der Waals surface area (Å²) < 4.78 is 25.4. The van der Waals surface area contributed by atoms with E-state index >= 15 is 0 Å². The molecule has 0 spiro atoms. The number of nitrogens with zero attached hydrogens (tertiary/aromatic N) is 3. The second-order valence-electron chi connectivity index (χ2n) is 6.85. The van der Waals surface area contributed by atoms with Crippen molar-refractivity contribution in [3.63, 3.8) is 0 Å². The first-order chi connectivity index (χ1) is 15.7. The van der Waals surface area contributed by atoms with Gasteiger partial charge in [0.05, 0.1) is 23.4 Å². The Labute approximate surface area is 203 Å². The van der Waals surface area contributed by atoms with Gasteiger partial charge >= 0.3 is 5.97 Å². The van der Waals surface area contributed by atoms with Gasteiger partial charge in [-0.2, -0.15) is 0 Å². The van der Waals surface area contributed by atoms with E-state index in [0.29, 0.717) is 33.7 Å². The van der Waals surface area contributed by atoms with Gasteiger partial charge in [0.1, 0.15) is 23.2 Å². The highest BCUT2D eigenvalue weighted by Gasteiger charge is 2.23. The number of aromatic nitrogens is 3. The molecule has 12 heteroatoms. The summed E-state index contributed by atoms with van der Waals surface area (Å²) in [4.78, 5) is 25.7. The summed E-state index contributed by atoms with van der Waals surface area (Å²) in [5.74, 6) is -0.290. The Hall–Kier alpha value is -2.63. The Balaban J connectivity index is 1.61. The number of benzene rings is 1. The Bertz CT molecular complexity index is 1180. The number of hydrogen-bond acceptors (Lipinski definition) is 8. The number of halogens is 2. The molecule has 2 heterocycles. The van der Waals surface area contributed by atoms with Crippen LogP contribution in [0.4, 0.5) is 9.39 Å². The predicted octanol–water partition coefficient (Wildman–Crippen LogP) is 4.64. The largest absolute Gasteiger partial charge is 0.486 e. The van der Waals surface area contributed by atoms with Gasteiger partial charge in [0, 0.05) is 18.0 Å². The molecule has 3 rings (SSSR count). The van der Waals surface area contributed by atoms with Crippen LogP contribution in [-0.4, -0.2) is 39.5 Å². The summed E-state index contributed by atoms with van der Waals surface area (Å²) in [5.41, 5.74) is 1.27. The van der Waals surface area contributed by atoms with Crippen molar-refractivity contribution in [2.75, 3.05) is 18.2 Å². The molecule has 1 N–H and O–H groups in total. The fourth-order valence-electron chi connectivity index (χ4n) is 3.01. The van der Waals surface area contributed by atoms with Crippen LogP contribution in [0.2, 0.25) is 5.02 Å². The molecule has 1 aromatic carbocycles. The van der Waals surface area contributed by atoms with Crippen LogP contribution in [0, 0.1) is 12.7 Å². The van der Waals surface area contributed by atoms with Gasteiger partial charge in [0.15, 0.2) is 11.0 Å². The summed E-state index contributed by atoms with van der Waals surface area (Å²) in [6.07, 6.45) is 0.658. The molecule has 2 aromatic heterocycles. The number of methoxy groups -OCH3 is 1. The Morgan fingerprint density at radius 3 is 2.76 bits per heavy atom. The molecular weight excluding hydrogens is 491 g/mol. The molecule has 33 heavy (non-hydrogen) atoms. The topological polar surface area (TPSA) is 95.3 Å². The minimum absolute atomic E-state index is 0.0323. The lowest BCUT2D eigenvalue weighted by molar-refractivity contribution is -0.113. The van der Waals surface area contributed by atoms with Gasteiger partial charge in [-0.15, -0.1) is 21.5 Å². The van der Waals surface area contributed by atoms with Crippen LogP contribution in [0.3, 0.4) is 0 Å². The SMILES string of the molecule is CCc1c(C)sc(NC(=O)CSc2nnc(COc3ccc(F)c(Cl)c3)n2C)c1C(=O)OC. The van der Waals surface area contributed by atoms with Crippen LogP contribution >= 0.6 is 34.7 Å². The monoisotopic (exact) mass is 512 g/mol. The summed E-state index contributed by atoms with van der Waals surface area (Å²) in [6, 6.07) is 4.07. The van der Waals surface area contributed by atoms with Gasteiger partial charge in [-0.1, -0.05) is 30.3 Å². The van der Waals surface area contributed by atoms with E-state index in [9.17, 15) is 14.0 Å². The van der Waals surface area contributed by atoms with Crippen molar-refractivity contribution in [1.82, 2.24) is 14.8 Å². The zero-order valence-electron chi connectivity index (χ0n) is 18.4. The molecule has 1 amide bonds. The Morgan fingerprint density at radius 1 is 1.33 bits per heavy atom. The van der Waals surface area contributed by atoms with E-state index in [1.165, 1.54) is 48.4 Å². The van der Waals surface area contributed by atoms with Crippen LogP contribution < -0.4 is 10.1 Å². The maximum atomic E-state index is 13.3. The maximum Gasteiger partial charge on any atom is 0.341 e. The fourth-order valence-corrected chi connectivity index (χ4v) is 5.06. The number of thiophene rings is 1. The fraction of sp³-hybridized carbons (Fsp3) is 0.333. The first-order valence-electron chi connectivity index (χ1n) is 9.84. The number of hydrogen-bond donors (Lipinski definition) is 1. The van der Waals surface area contributed by atoms with E-state index in [1.54, 1.807) is 11.6 Å². The van der Waals surface area contributed by atoms with E-state index in [1.807, 2.05) is 13.8 Å². The molecule has 3 aromatic rings. The van der Waals surface area contributed by atoms with E-state index < -0.39 is 11.8 Å². The van der Waals surface area contributed by atoms with Crippen molar-refractivity contribution in [2.24, 2.45) is 7.05 Å². The molecule has 0 aliphatic heterocycles. The molecule has 8 nitrogen and oxygen atoms in total. The van der Waals surface area contributed by atoms with Gasteiger partial charge in [-0.3, -0.25) is 4.79 Å². The predicted molar refractivity (Wildman–Crippen MR) is 126 cm³/mol. The van der Waals surface area contributed by atoms with Crippen molar-refractivity contribution in [3.8, 4) is 5.75 Å². The van der Waals surface area contributed by atoms with Crippen molar-refractivity contribution in [3.05, 3.63) is 50.9 Å². The van der Waals surface area contributed by atoms with Gasteiger partial charge in [0.2, 0.25) is 5.91 Å². The summed E-state index contributed by atoms with van der Waals surface area (Å²) in [7, 11) is 3.07. The molecule has 0 atom stereocenters. The van der Waals surface area contributed by atoms with Crippen molar-refractivity contribution in [2.45, 2.75) is 32.0 Å². The van der Waals surface area contributed by atoms with Crippen molar-refractivity contribution >= 4 is 51.6 Å². The van der Waals surface area contributed by atoms with Crippen LogP contribution in [-0.2, 0) is 29.6 Å². The number of thioether (sulfide) groups is 1. The highest BCUT2D eigenvalue weighted by Crippen LogP contribution is 2.34. The number of carbonyl (C=O) groups excluding carboxylic acids is 2. The third kappa shape index (κ3) is 5.84. The van der Waals surface area contributed by atoms with Gasteiger partial charge in [-0.25, -0.2) is 9.18 Å². The second-order valence-corrected chi connectivity index (χ2v) is 9.42. The number of amides is 1. The number of carbonyl (C=O) groups is 2. The molecule has 0 bridgehead atoms. The lowest BCUT2D eigenvalue weighted by Crippen LogP contribution is -2.16. The summed E-state index contributed by atoms with van der Waals surface area (Å²) >= 11 is 8.30. The molecule has 0 fully saturated rings. The third-order valence-corrected chi connectivity index (χ3v) is 7.09. The Morgan fingerprint density at radius 2 is 2.09 bits per heavy atom. The quantitative estimate of drug-likeness (QED) is 0.329. The molecule has 0 unspecified atom stereocenters. The molecule has 0 radical (unpaired) electrons. The zero-order valence-corrected chi connectivity index (χ0v) is 20.8. The average Bonchev–Trinajstić information content (AvgIpc) is 3.30. The van der Waals surface area contributed by atoms with Gasteiger partial charge < -0.3 is 19.4 Å². The summed E-state index contributed by atoms with van der Waals surface area (Å²) in [6.45, 7) is 3.95. The summed E-state index contributed by atoms with van der Waals surface area (Å²) in [5, 5.41) is 11.9. The van der Waals surface area contributed by atoms with Crippen LogP contribution in [0.15, 0.2) is 23.4 Å². The Kier molecular flexibility index (Phi) is 8.33. The molecule has 0 saturated carbocycles. The first-order valence-corrected chi connectivity index (χ1v) is 12.0. The standard InChI is InChI=1S/C21H22ClFN4O4S2/c1-5-13-11(2)33-19(18(13)20(29)30-4)24-17(28)10-32-21-26-25-16(27(21)3)9-31-12-6-7-15(23)14(22)8-12/h6-8H,5,9-10H2,1-4H3,(H,24,28). The van der Waals surface area contributed by atoms with Crippen molar-refractivity contribution < 1.29 is 23.5 Å². The number of rotatable bonds is 9. The minimum Gasteiger partial charge on any atom is -0.486 e. The number of aryl methyl sites for hydroxylation is 1. The third-order valence-electron chi connectivity index (χ3n) is 4.72. The van der Waals surface area contributed by atoms with E-state index in [-0.39, 0.29) is 23.3 Å². The van der Waals surface area contributed by atoms with Crippen LogP contribution in [0.5, 0.6) is 5.75 Å². The molecule has 0 aliphatic carbocycles. The second kappa shape index (κ2) is 11.0. The molecule has 0 aliphatic rings. The van der Waals surface area contributed by atoms with E-state index in [4.69, 9.17) is 21.1 Å². The average molecular weight is 513 g/mol.